The molecule has 3 aliphatic carbocycles. The lowest BCUT2D eigenvalue weighted by Crippen LogP contribution is -2.60. The molecule has 0 N–H and O–H groups in total. The Kier molecular flexibility index (Phi) is 3.43. The highest BCUT2D eigenvalue weighted by Crippen LogP contribution is 2.52. The number of ether oxygens (including phenoxy) is 2. The van der Waals surface area contributed by atoms with Gasteiger partial charge in [0.25, 0.3) is 0 Å². The van der Waals surface area contributed by atoms with Crippen molar-refractivity contribution in [3.05, 3.63) is 12.2 Å². The zero-order valence-corrected chi connectivity index (χ0v) is 10.8. The van der Waals surface area contributed by atoms with Crippen LogP contribution in [0, 0.1) is 34.5 Å². The van der Waals surface area contributed by atoms with E-state index in [-0.39, 0.29) is 0 Å². The van der Waals surface area contributed by atoms with Crippen molar-refractivity contribution in [3.8, 4) is 12.1 Å². The molecule has 4 heteroatoms. The second-order valence-corrected chi connectivity index (χ2v) is 4.82. The summed E-state index contributed by atoms with van der Waals surface area (Å²) in [5.41, 5.74) is -1.19. The average molecular weight is 246 g/mol. The van der Waals surface area contributed by atoms with Crippen molar-refractivity contribution in [1.82, 2.24) is 0 Å². The molecule has 0 aromatic carbocycles. The van der Waals surface area contributed by atoms with Gasteiger partial charge in [-0.15, -0.1) is 0 Å². The van der Waals surface area contributed by atoms with Crippen molar-refractivity contribution < 1.29 is 9.47 Å². The summed E-state index contributed by atoms with van der Waals surface area (Å²) in [6, 6.07) is 4.53. The van der Waals surface area contributed by atoms with Crippen molar-refractivity contribution in [3.63, 3.8) is 0 Å². The van der Waals surface area contributed by atoms with E-state index in [2.05, 4.69) is 12.1 Å². The maximum atomic E-state index is 9.42. The number of rotatable bonds is 4. The summed E-state index contributed by atoms with van der Waals surface area (Å²) in [6.45, 7) is 4.92. The first-order valence-corrected chi connectivity index (χ1v) is 6.45. The third kappa shape index (κ3) is 1.65. The Morgan fingerprint density at radius 3 is 1.61 bits per heavy atom. The molecule has 0 spiro atoms. The minimum absolute atomic E-state index is 0.451. The Morgan fingerprint density at radius 2 is 1.39 bits per heavy atom. The van der Waals surface area contributed by atoms with E-state index < -0.39 is 23.0 Å². The van der Waals surface area contributed by atoms with Crippen molar-refractivity contribution in [2.24, 2.45) is 11.8 Å². The molecule has 3 aliphatic rings. The molecule has 4 unspecified atom stereocenters. The first-order valence-electron chi connectivity index (χ1n) is 6.45. The average Bonchev–Trinajstić information content (AvgIpc) is 2.39. The third-order valence-corrected chi connectivity index (χ3v) is 4.04. The van der Waals surface area contributed by atoms with Gasteiger partial charge in [0.1, 0.15) is 11.2 Å². The summed E-state index contributed by atoms with van der Waals surface area (Å²) >= 11 is 0. The second kappa shape index (κ2) is 4.72. The molecule has 0 saturated heterocycles. The molecule has 96 valence electrons. The monoisotopic (exact) mass is 246 g/mol. The largest absolute Gasteiger partial charge is 0.370 e. The van der Waals surface area contributed by atoms with Gasteiger partial charge in [-0.05, 0) is 26.7 Å². The minimum Gasteiger partial charge on any atom is -0.370 e. The van der Waals surface area contributed by atoms with Crippen LogP contribution in [0.1, 0.15) is 26.7 Å². The van der Waals surface area contributed by atoms with Crippen molar-refractivity contribution in [1.29, 1.82) is 10.5 Å². The minimum atomic E-state index is -0.594. The van der Waals surface area contributed by atoms with E-state index in [4.69, 9.17) is 9.47 Å². The van der Waals surface area contributed by atoms with Gasteiger partial charge in [-0.1, -0.05) is 12.2 Å². The highest BCUT2D eigenvalue weighted by atomic mass is 16.5. The van der Waals surface area contributed by atoms with Crippen molar-refractivity contribution >= 4 is 0 Å². The zero-order chi connectivity index (χ0) is 13.2. The fourth-order valence-electron chi connectivity index (χ4n) is 3.25. The van der Waals surface area contributed by atoms with Crippen LogP contribution in [0.25, 0.3) is 0 Å². The van der Waals surface area contributed by atoms with Crippen molar-refractivity contribution in [2.45, 2.75) is 37.9 Å². The van der Waals surface area contributed by atoms with Crippen LogP contribution in [0.3, 0.4) is 0 Å². The van der Waals surface area contributed by atoms with Gasteiger partial charge in [0.05, 0.1) is 24.0 Å². The van der Waals surface area contributed by atoms with E-state index >= 15 is 0 Å². The molecular formula is C14H18N2O2. The molecule has 0 aliphatic heterocycles. The summed E-state index contributed by atoms with van der Waals surface area (Å²) in [4.78, 5) is 0. The van der Waals surface area contributed by atoms with Gasteiger partial charge in [0.15, 0.2) is 0 Å². The maximum Gasteiger partial charge on any atom is 0.104 e. The van der Waals surface area contributed by atoms with Crippen LogP contribution in [0.15, 0.2) is 12.2 Å². The third-order valence-electron chi connectivity index (χ3n) is 4.04. The Labute approximate surface area is 108 Å². The van der Waals surface area contributed by atoms with Gasteiger partial charge in [-0.3, -0.25) is 0 Å². The fraction of sp³-hybridized carbons (Fsp3) is 0.714. The van der Waals surface area contributed by atoms with Crippen LogP contribution in [-0.2, 0) is 9.47 Å². The van der Waals surface area contributed by atoms with Crippen LogP contribution in [-0.4, -0.2) is 24.4 Å². The normalized spacial score (nSPS) is 41.3. The molecule has 1 fully saturated rings. The molecule has 0 radical (unpaired) electrons. The van der Waals surface area contributed by atoms with E-state index in [0.29, 0.717) is 13.2 Å². The number of hydrogen-bond donors (Lipinski definition) is 0. The van der Waals surface area contributed by atoms with E-state index in [1.54, 1.807) is 0 Å². The van der Waals surface area contributed by atoms with E-state index in [1.807, 2.05) is 26.0 Å². The first-order chi connectivity index (χ1) is 8.68. The number of nitrogens with zero attached hydrogens (tertiary/aromatic N) is 2. The summed E-state index contributed by atoms with van der Waals surface area (Å²) < 4.78 is 11.6. The van der Waals surface area contributed by atoms with Gasteiger partial charge in [0, 0.05) is 13.2 Å². The van der Waals surface area contributed by atoms with Crippen LogP contribution < -0.4 is 0 Å². The Bertz CT molecular complexity index is 394. The number of fused-ring (bicyclic) bond motifs is 2. The molecule has 0 amide bonds. The molecular weight excluding hydrogens is 228 g/mol. The topological polar surface area (TPSA) is 66.0 Å². The van der Waals surface area contributed by atoms with E-state index in [0.717, 1.165) is 12.8 Å². The van der Waals surface area contributed by atoms with Crippen LogP contribution in [0.2, 0.25) is 0 Å². The summed E-state index contributed by atoms with van der Waals surface area (Å²) in [5.74, 6) is -0.902. The van der Waals surface area contributed by atoms with Gasteiger partial charge >= 0.3 is 0 Å². The molecule has 18 heavy (non-hydrogen) atoms. The first kappa shape index (κ1) is 13.1. The lowest BCUT2D eigenvalue weighted by Gasteiger charge is -2.53. The van der Waals surface area contributed by atoms with E-state index in [9.17, 15) is 10.5 Å². The maximum absolute atomic E-state index is 9.42. The molecule has 0 heterocycles. The van der Waals surface area contributed by atoms with Crippen LogP contribution in [0.4, 0.5) is 0 Å². The number of nitriles is 2. The molecule has 0 aromatic heterocycles. The molecule has 0 aromatic rings. The predicted molar refractivity (Wildman–Crippen MR) is 65.3 cm³/mol. The van der Waals surface area contributed by atoms with E-state index in [1.165, 1.54) is 0 Å². The highest BCUT2D eigenvalue weighted by molar-refractivity contribution is 5.33. The Hall–Kier alpha value is -1.36. The molecule has 3 rings (SSSR count). The van der Waals surface area contributed by atoms with Gasteiger partial charge in [-0.2, -0.15) is 10.5 Å². The van der Waals surface area contributed by atoms with Gasteiger partial charge in [-0.25, -0.2) is 0 Å². The standard InChI is InChI=1S/C14H18N2O2/c1-3-17-13-5-7-14(8-6-13,18-4-2)12(10-16)11(13)9-15/h5,7,11-12H,3-4,6,8H2,1-2H3. The van der Waals surface area contributed by atoms with Crippen LogP contribution >= 0.6 is 0 Å². The predicted octanol–water partition coefficient (Wildman–Crippen LogP) is 2.18. The fourth-order valence-corrected chi connectivity index (χ4v) is 3.25. The summed E-state index contributed by atoms with van der Waals surface area (Å²) in [5, 5.41) is 18.8. The SMILES string of the molecule is CCOC12C=CC(OCC)(CC1)C(C#N)C2C#N. The highest BCUT2D eigenvalue weighted by Gasteiger charge is 2.59. The number of hydrogen-bond acceptors (Lipinski definition) is 4. The lowest BCUT2D eigenvalue weighted by molar-refractivity contribution is -0.151. The molecule has 1 saturated carbocycles. The molecule has 2 bridgehead atoms. The smallest absolute Gasteiger partial charge is 0.104 e. The second-order valence-electron chi connectivity index (χ2n) is 4.82. The molecule has 4 atom stereocenters. The summed E-state index contributed by atoms with van der Waals surface area (Å²) in [6.07, 6.45) is 5.37. The zero-order valence-electron chi connectivity index (χ0n) is 10.8. The summed E-state index contributed by atoms with van der Waals surface area (Å²) in [7, 11) is 0. The van der Waals surface area contributed by atoms with Gasteiger partial charge in [0.2, 0.25) is 0 Å². The van der Waals surface area contributed by atoms with Crippen LogP contribution in [0.5, 0.6) is 0 Å². The molecule has 4 nitrogen and oxygen atoms in total. The quantitative estimate of drug-likeness (QED) is 0.713. The lowest BCUT2D eigenvalue weighted by atomic mass is 9.58. The van der Waals surface area contributed by atoms with Crippen molar-refractivity contribution in [2.75, 3.05) is 13.2 Å². The van der Waals surface area contributed by atoms with Gasteiger partial charge < -0.3 is 9.47 Å². The Balaban J connectivity index is 2.44. The Morgan fingerprint density at radius 1 is 1.00 bits per heavy atom.